The third kappa shape index (κ3) is 2.33. The van der Waals surface area contributed by atoms with Crippen molar-refractivity contribution in [1.29, 1.82) is 0 Å². The van der Waals surface area contributed by atoms with E-state index in [4.69, 9.17) is 5.73 Å². The molecule has 4 heteroatoms. The zero-order valence-electron chi connectivity index (χ0n) is 10.1. The Kier molecular flexibility index (Phi) is 3.41. The van der Waals surface area contributed by atoms with Crippen LogP contribution < -0.4 is 10.6 Å². The minimum Gasteiger partial charge on any atom is -0.355 e. The van der Waals surface area contributed by atoms with E-state index in [1.165, 1.54) is 6.42 Å². The summed E-state index contributed by atoms with van der Waals surface area (Å²) >= 11 is 0. The quantitative estimate of drug-likeness (QED) is 0.813. The van der Waals surface area contributed by atoms with Crippen LogP contribution in [0.3, 0.4) is 0 Å². The molecule has 1 fully saturated rings. The highest BCUT2D eigenvalue weighted by atomic mass is 15.3. The fourth-order valence-corrected chi connectivity index (χ4v) is 2.10. The van der Waals surface area contributed by atoms with Crippen LogP contribution >= 0.6 is 0 Å². The van der Waals surface area contributed by atoms with E-state index in [9.17, 15) is 0 Å². The van der Waals surface area contributed by atoms with E-state index in [0.717, 1.165) is 24.5 Å². The SMILES string of the molecule is CN(C)[C@H]1CCN(c2ccc(CN)cn2)C1. The van der Waals surface area contributed by atoms with Crippen molar-refractivity contribution in [3.05, 3.63) is 23.9 Å². The van der Waals surface area contributed by atoms with Gasteiger partial charge in [-0.15, -0.1) is 0 Å². The summed E-state index contributed by atoms with van der Waals surface area (Å²) in [7, 11) is 4.28. The van der Waals surface area contributed by atoms with Gasteiger partial charge in [-0.25, -0.2) is 4.98 Å². The number of nitrogens with two attached hydrogens (primary N) is 1. The summed E-state index contributed by atoms with van der Waals surface area (Å²) in [6.07, 6.45) is 3.09. The molecule has 0 amide bonds. The molecule has 1 saturated heterocycles. The molecule has 1 aromatic rings. The van der Waals surface area contributed by atoms with E-state index < -0.39 is 0 Å². The van der Waals surface area contributed by atoms with Crippen LogP contribution in [0.25, 0.3) is 0 Å². The van der Waals surface area contributed by atoms with E-state index in [0.29, 0.717) is 12.6 Å². The maximum atomic E-state index is 5.55. The van der Waals surface area contributed by atoms with Crippen LogP contribution in [0.5, 0.6) is 0 Å². The Morgan fingerprint density at radius 2 is 2.31 bits per heavy atom. The van der Waals surface area contributed by atoms with Crippen molar-refractivity contribution >= 4 is 5.82 Å². The normalized spacial score (nSPS) is 20.8. The first-order valence-corrected chi connectivity index (χ1v) is 5.77. The van der Waals surface area contributed by atoms with Gasteiger partial charge in [-0.2, -0.15) is 0 Å². The lowest BCUT2D eigenvalue weighted by Crippen LogP contribution is -2.31. The largest absolute Gasteiger partial charge is 0.355 e. The molecule has 1 atom stereocenters. The van der Waals surface area contributed by atoms with Gasteiger partial charge < -0.3 is 15.5 Å². The molecule has 16 heavy (non-hydrogen) atoms. The first-order valence-electron chi connectivity index (χ1n) is 5.77. The fourth-order valence-electron chi connectivity index (χ4n) is 2.10. The zero-order valence-corrected chi connectivity index (χ0v) is 10.1. The first kappa shape index (κ1) is 11.4. The minimum atomic E-state index is 0.563. The number of aromatic nitrogens is 1. The molecule has 4 nitrogen and oxygen atoms in total. The summed E-state index contributed by atoms with van der Waals surface area (Å²) < 4.78 is 0. The van der Waals surface area contributed by atoms with Crippen molar-refractivity contribution in [3.63, 3.8) is 0 Å². The highest BCUT2D eigenvalue weighted by molar-refractivity contribution is 5.40. The van der Waals surface area contributed by atoms with Gasteiger partial charge in [0.05, 0.1) is 0 Å². The predicted molar refractivity (Wildman–Crippen MR) is 66.4 cm³/mol. The van der Waals surface area contributed by atoms with Crippen LogP contribution in [-0.2, 0) is 6.54 Å². The second-order valence-electron chi connectivity index (χ2n) is 4.58. The van der Waals surface area contributed by atoms with Crippen LogP contribution in [0.2, 0.25) is 0 Å². The number of pyridine rings is 1. The monoisotopic (exact) mass is 220 g/mol. The van der Waals surface area contributed by atoms with E-state index >= 15 is 0 Å². The van der Waals surface area contributed by atoms with Crippen LogP contribution in [0, 0.1) is 0 Å². The van der Waals surface area contributed by atoms with Gasteiger partial charge in [-0.1, -0.05) is 6.07 Å². The number of hydrogen-bond donors (Lipinski definition) is 1. The van der Waals surface area contributed by atoms with Crippen LogP contribution in [-0.4, -0.2) is 43.1 Å². The van der Waals surface area contributed by atoms with Crippen LogP contribution in [0.4, 0.5) is 5.82 Å². The molecule has 0 saturated carbocycles. The van der Waals surface area contributed by atoms with Crippen molar-refractivity contribution in [2.75, 3.05) is 32.1 Å². The Hall–Kier alpha value is -1.13. The minimum absolute atomic E-state index is 0.563. The Morgan fingerprint density at radius 3 is 2.81 bits per heavy atom. The number of rotatable bonds is 3. The number of anilines is 1. The predicted octanol–water partition coefficient (Wildman–Crippen LogP) is 0.681. The lowest BCUT2D eigenvalue weighted by molar-refractivity contribution is 0.315. The Morgan fingerprint density at radius 1 is 1.50 bits per heavy atom. The summed E-state index contributed by atoms with van der Waals surface area (Å²) in [4.78, 5) is 9.08. The molecule has 0 unspecified atom stereocenters. The van der Waals surface area contributed by atoms with Crippen LogP contribution in [0.1, 0.15) is 12.0 Å². The Bertz CT molecular complexity index is 333. The van der Waals surface area contributed by atoms with Gasteiger partial charge in [0, 0.05) is 31.9 Å². The summed E-state index contributed by atoms with van der Waals surface area (Å²) in [5, 5.41) is 0. The van der Waals surface area contributed by atoms with Crippen molar-refractivity contribution in [3.8, 4) is 0 Å². The molecule has 0 aromatic carbocycles. The third-order valence-electron chi connectivity index (χ3n) is 3.26. The lowest BCUT2D eigenvalue weighted by atomic mass is 10.2. The molecule has 0 aliphatic carbocycles. The molecule has 1 aliphatic heterocycles. The molecule has 2 heterocycles. The van der Waals surface area contributed by atoms with Crippen molar-refractivity contribution in [1.82, 2.24) is 9.88 Å². The maximum absolute atomic E-state index is 5.55. The molecule has 0 spiro atoms. The van der Waals surface area contributed by atoms with Crippen molar-refractivity contribution in [2.45, 2.75) is 19.0 Å². The third-order valence-corrected chi connectivity index (χ3v) is 3.26. The van der Waals surface area contributed by atoms with Gasteiger partial charge >= 0.3 is 0 Å². The maximum Gasteiger partial charge on any atom is 0.128 e. The summed E-state index contributed by atoms with van der Waals surface area (Å²) in [5.41, 5.74) is 6.64. The van der Waals surface area contributed by atoms with Gasteiger partial charge in [0.15, 0.2) is 0 Å². The van der Waals surface area contributed by atoms with Crippen LogP contribution in [0.15, 0.2) is 18.3 Å². The molecule has 0 radical (unpaired) electrons. The second kappa shape index (κ2) is 4.80. The van der Waals surface area contributed by atoms with E-state index in [1.807, 2.05) is 6.20 Å². The van der Waals surface area contributed by atoms with Gasteiger partial charge in [-0.3, -0.25) is 0 Å². The van der Waals surface area contributed by atoms with Gasteiger partial charge in [-0.05, 0) is 32.1 Å². The standard InChI is InChI=1S/C12H20N4/c1-15(2)11-5-6-16(9-11)12-4-3-10(7-13)8-14-12/h3-4,8,11H,5-7,9,13H2,1-2H3/t11-/m0/s1. The van der Waals surface area contributed by atoms with Crippen molar-refractivity contribution in [2.24, 2.45) is 5.73 Å². The average molecular weight is 220 g/mol. The summed E-state index contributed by atoms with van der Waals surface area (Å²) in [6.45, 7) is 2.73. The Balaban J connectivity index is 2.03. The van der Waals surface area contributed by atoms with Gasteiger partial charge in [0.25, 0.3) is 0 Å². The number of nitrogens with zero attached hydrogens (tertiary/aromatic N) is 3. The topological polar surface area (TPSA) is 45.4 Å². The molecular weight excluding hydrogens is 200 g/mol. The molecular formula is C12H20N4. The number of likely N-dealkylation sites (N-methyl/N-ethyl adjacent to an activating group) is 1. The van der Waals surface area contributed by atoms with E-state index in [-0.39, 0.29) is 0 Å². The summed E-state index contributed by atoms with van der Waals surface area (Å²) in [6, 6.07) is 4.78. The Labute approximate surface area is 97.1 Å². The van der Waals surface area contributed by atoms with Crippen molar-refractivity contribution < 1.29 is 0 Å². The molecule has 2 rings (SSSR count). The molecule has 0 bridgehead atoms. The second-order valence-corrected chi connectivity index (χ2v) is 4.58. The molecule has 1 aromatic heterocycles. The zero-order chi connectivity index (χ0) is 11.5. The highest BCUT2D eigenvalue weighted by Gasteiger charge is 2.24. The average Bonchev–Trinajstić information content (AvgIpc) is 2.78. The molecule has 88 valence electrons. The number of hydrogen-bond acceptors (Lipinski definition) is 4. The first-order chi connectivity index (χ1) is 7.70. The van der Waals surface area contributed by atoms with E-state index in [2.05, 4.69) is 41.0 Å². The smallest absolute Gasteiger partial charge is 0.128 e. The highest BCUT2D eigenvalue weighted by Crippen LogP contribution is 2.20. The van der Waals surface area contributed by atoms with Gasteiger partial charge in [0.2, 0.25) is 0 Å². The lowest BCUT2D eigenvalue weighted by Gasteiger charge is -2.21. The summed E-state index contributed by atoms with van der Waals surface area (Å²) in [5.74, 6) is 1.07. The van der Waals surface area contributed by atoms with E-state index in [1.54, 1.807) is 0 Å². The fraction of sp³-hybridized carbons (Fsp3) is 0.583. The molecule has 2 N–H and O–H groups in total. The van der Waals surface area contributed by atoms with Gasteiger partial charge in [0.1, 0.15) is 5.82 Å². The molecule has 1 aliphatic rings.